The first-order valence-corrected chi connectivity index (χ1v) is 12.6. The fourth-order valence-corrected chi connectivity index (χ4v) is 9.19. The van der Waals surface area contributed by atoms with Gasteiger partial charge in [-0.05, 0) is 104 Å². The van der Waals surface area contributed by atoms with Gasteiger partial charge in [0, 0.05) is 0 Å². The standard InChI is InChI=1S/C26H44O4/c1-15(12-16(2)24(29)30-5)19-6-7-20-23-21(9-11-26(19,20)4)25(3)10-8-18(27)13-17(25)14-22(23)28/h15-23,27-28H,6-14H2,1-5H3/t15-,16-,17+,18-,19?,20?,21?,22-,23?,25+,26-/m1/s1. The molecule has 2 N–H and O–H groups in total. The number of aliphatic hydroxyl groups is 2. The van der Waals surface area contributed by atoms with E-state index < -0.39 is 0 Å². The van der Waals surface area contributed by atoms with Crippen molar-refractivity contribution < 1.29 is 19.7 Å². The smallest absolute Gasteiger partial charge is 0.308 e. The molecule has 4 rings (SSSR count). The number of carbonyl (C=O) groups excluding carboxylic acids is 1. The van der Waals surface area contributed by atoms with Gasteiger partial charge in [-0.1, -0.05) is 27.7 Å². The molecule has 172 valence electrons. The summed E-state index contributed by atoms with van der Waals surface area (Å²) in [5, 5.41) is 21.6. The van der Waals surface area contributed by atoms with E-state index in [2.05, 4.69) is 20.8 Å². The zero-order valence-corrected chi connectivity index (χ0v) is 19.8. The van der Waals surface area contributed by atoms with Gasteiger partial charge < -0.3 is 14.9 Å². The van der Waals surface area contributed by atoms with Crippen molar-refractivity contribution in [3.8, 4) is 0 Å². The zero-order valence-electron chi connectivity index (χ0n) is 19.8. The van der Waals surface area contributed by atoms with Crippen LogP contribution in [0.5, 0.6) is 0 Å². The molecule has 4 unspecified atom stereocenters. The summed E-state index contributed by atoms with van der Waals surface area (Å²) >= 11 is 0. The SMILES string of the molecule is COC(=O)[C@H](C)C[C@@H](C)C1CCC2C3C(CC[C@@]21C)[C@@]1(C)CC[C@@H](O)C[C@H]1C[C@H]3O. The quantitative estimate of drug-likeness (QED) is 0.640. The third-order valence-electron chi connectivity index (χ3n) is 10.7. The van der Waals surface area contributed by atoms with Gasteiger partial charge in [0.15, 0.2) is 0 Å². The summed E-state index contributed by atoms with van der Waals surface area (Å²) in [4.78, 5) is 12.0. The highest BCUT2D eigenvalue weighted by atomic mass is 16.5. The average Bonchev–Trinajstić information content (AvgIpc) is 3.05. The Hall–Kier alpha value is -0.610. The molecule has 0 aromatic carbocycles. The third kappa shape index (κ3) is 3.45. The molecule has 4 nitrogen and oxygen atoms in total. The van der Waals surface area contributed by atoms with E-state index in [-0.39, 0.29) is 34.9 Å². The Morgan fingerprint density at radius 1 is 1.00 bits per heavy atom. The van der Waals surface area contributed by atoms with E-state index in [0.29, 0.717) is 35.5 Å². The fraction of sp³-hybridized carbons (Fsp3) is 0.962. The highest BCUT2D eigenvalue weighted by molar-refractivity contribution is 5.71. The van der Waals surface area contributed by atoms with Crippen molar-refractivity contribution >= 4 is 5.97 Å². The largest absolute Gasteiger partial charge is 0.469 e. The Labute approximate surface area is 183 Å². The van der Waals surface area contributed by atoms with Gasteiger partial charge in [-0.3, -0.25) is 4.79 Å². The zero-order chi connectivity index (χ0) is 21.8. The van der Waals surface area contributed by atoms with Crippen molar-refractivity contribution in [2.75, 3.05) is 7.11 Å². The topological polar surface area (TPSA) is 66.8 Å². The lowest BCUT2D eigenvalue weighted by Crippen LogP contribution is -2.58. The van der Waals surface area contributed by atoms with Crippen LogP contribution >= 0.6 is 0 Å². The first-order chi connectivity index (χ1) is 14.1. The van der Waals surface area contributed by atoms with Gasteiger partial charge in [0.25, 0.3) is 0 Å². The summed E-state index contributed by atoms with van der Waals surface area (Å²) < 4.78 is 4.97. The van der Waals surface area contributed by atoms with E-state index in [1.54, 1.807) is 0 Å². The summed E-state index contributed by atoms with van der Waals surface area (Å²) in [5.41, 5.74) is 0.558. The van der Waals surface area contributed by atoms with Crippen LogP contribution in [0.3, 0.4) is 0 Å². The molecule has 4 fully saturated rings. The first-order valence-electron chi connectivity index (χ1n) is 12.6. The Morgan fingerprint density at radius 3 is 2.37 bits per heavy atom. The number of methoxy groups -OCH3 is 1. The maximum absolute atomic E-state index is 12.0. The molecule has 4 aliphatic carbocycles. The van der Waals surface area contributed by atoms with Gasteiger partial charge in [0.05, 0.1) is 25.2 Å². The Morgan fingerprint density at radius 2 is 1.67 bits per heavy atom. The molecule has 0 aromatic rings. The molecule has 0 bridgehead atoms. The molecule has 4 saturated carbocycles. The van der Waals surface area contributed by atoms with Crippen LogP contribution in [0.15, 0.2) is 0 Å². The molecule has 0 saturated heterocycles. The van der Waals surface area contributed by atoms with Gasteiger partial charge >= 0.3 is 5.97 Å². The molecule has 4 heteroatoms. The average molecular weight is 421 g/mol. The monoisotopic (exact) mass is 420 g/mol. The predicted molar refractivity (Wildman–Crippen MR) is 118 cm³/mol. The molecule has 0 radical (unpaired) electrons. The van der Waals surface area contributed by atoms with Crippen LogP contribution in [-0.2, 0) is 9.53 Å². The Kier molecular flexibility index (Phi) is 6.07. The van der Waals surface area contributed by atoms with Crippen molar-refractivity contribution in [2.24, 2.45) is 52.3 Å². The molecule has 0 heterocycles. The van der Waals surface area contributed by atoms with Crippen LogP contribution in [0.4, 0.5) is 0 Å². The van der Waals surface area contributed by atoms with Crippen LogP contribution in [0.2, 0.25) is 0 Å². The van der Waals surface area contributed by atoms with Gasteiger partial charge in [-0.25, -0.2) is 0 Å². The lowest BCUT2D eigenvalue weighted by Gasteiger charge is -2.62. The summed E-state index contributed by atoms with van der Waals surface area (Å²) in [6.45, 7) is 9.30. The fourth-order valence-electron chi connectivity index (χ4n) is 9.19. The molecule has 0 amide bonds. The van der Waals surface area contributed by atoms with E-state index in [9.17, 15) is 15.0 Å². The lowest BCUT2D eigenvalue weighted by molar-refractivity contribution is -0.174. The summed E-state index contributed by atoms with van der Waals surface area (Å²) in [6, 6.07) is 0. The number of hydrogen-bond acceptors (Lipinski definition) is 4. The minimum absolute atomic E-state index is 0.0439. The van der Waals surface area contributed by atoms with Gasteiger partial charge in [0.1, 0.15) is 0 Å². The molecular formula is C26H44O4. The van der Waals surface area contributed by atoms with Gasteiger partial charge in [-0.15, -0.1) is 0 Å². The number of rotatable bonds is 4. The maximum Gasteiger partial charge on any atom is 0.308 e. The normalized spacial score (nSPS) is 50.0. The van der Waals surface area contributed by atoms with Crippen LogP contribution in [0, 0.1) is 52.3 Å². The number of esters is 1. The second kappa shape index (κ2) is 8.06. The van der Waals surface area contributed by atoms with E-state index in [1.807, 2.05) is 6.92 Å². The molecule has 11 atom stereocenters. The maximum atomic E-state index is 12.0. The number of aliphatic hydroxyl groups excluding tert-OH is 2. The Bertz CT molecular complexity index is 649. The second-order valence-electron chi connectivity index (χ2n) is 12.1. The van der Waals surface area contributed by atoms with E-state index in [4.69, 9.17) is 4.74 Å². The molecule has 0 spiro atoms. The van der Waals surface area contributed by atoms with Crippen molar-refractivity contribution in [2.45, 2.75) is 97.7 Å². The molecule has 0 aliphatic heterocycles. The van der Waals surface area contributed by atoms with E-state index in [0.717, 1.165) is 32.1 Å². The number of hydrogen-bond donors (Lipinski definition) is 2. The molecular weight excluding hydrogens is 376 g/mol. The molecule has 4 aliphatic rings. The van der Waals surface area contributed by atoms with Crippen LogP contribution in [-0.4, -0.2) is 35.5 Å². The van der Waals surface area contributed by atoms with Crippen molar-refractivity contribution in [3.05, 3.63) is 0 Å². The molecule has 30 heavy (non-hydrogen) atoms. The van der Waals surface area contributed by atoms with E-state index >= 15 is 0 Å². The number of ether oxygens (including phenoxy) is 1. The van der Waals surface area contributed by atoms with Crippen LogP contribution in [0.1, 0.15) is 85.5 Å². The van der Waals surface area contributed by atoms with Crippen molar-refractivity contribution in [3.63, 3.8) is 0 Å². The van der Waals surface area contributed by atoms with E-state index in [1.165, 1.54) is 32.8 Å². The number of fused-ring (bicyclic) bond motifs is 5. The predicted octanol–water partition coefficient (Wildman–Crippen LogP) is 4.81. The third-order valence-corrected chi connectivity index (χ3v) is 10.7. The van der Waals surface area contributed by atoms with Crippen LogP contribution in [0.25, 0.3) is 0 Å². The minimum atomic E-state index is -0.217. The first kappa shape index (κ1) is 22.6. The molecule has 0 aromatic heterocycles. The number of carbonyl (C=O) groups is 1. The van der Waals surface area contributed by atoms with Crippen molar-refractivity contribution in [1.29, 1.82) is 0 Å². The highest BCUT2D eigenvalue weighted by Crippen LogP contribution is 2.68. The second-order valence-corrected chi connectivity index (χ2v) is 12.1. The van der Waals surface area contributed by atoms with Gasteiger partial charge in [0.2, 0.25) is 0 Å². The summed E-state index contributed by atoms with van der Waals surface area (Å²) in [7, 11) is 1.49. The van der Waals surface area contributed by atoms with Crippen molar-refractivity contribution in [1.82, 2.24) is 0 Å². The van der Waals surface area contributed by atoms with Gasteiger partial charge in [-0.2, -0.15) is 0 Å². The summed E-state index contributed by atoms with van der Waals surface area (Å²) in [5.74, 6) is 3.07. The van der Waals surface area contributed by atoms with Crippen LogP contribution < -0.4 is 0 Å². The summed E-state index contributed by atoms with van der Waals surface area (Å²) in [6.07, 6.45) is 9.22. The Balaban J connectivity index is 1.53. The lowest BCUT2D eigenvalue weighted by atomic mass is 9.43. The minimum Gasteiger partial charge on any atom is -0.469 e. The highest BCUT2D eigenvalue weighted by Gasteiger charge is 2.62.